The summed E-state index contributed by atoms with van der Waals surface area (Å²) in [5.74, 6) is -0.815. The Morgan fingerprint density at radius 1 is 1.32 bits per heavy atom. The lowest BCUT2D eigenvalue weighted by Crippen LogP contribution is -2.37. The SMILES string of the molecule is CC(OC(=O)c1cc(-c2cccs2)nc2c1cnn2C(C)C)C(=O)NC1CC1. The second-order valence-electron chi connectivity index (χ2n) is 7.28. The van der Waals surface area contributed by atoms with Crippen LogP contribution in [0.5, 0.6) is 0 Å². The van der Waals surface area contributed by atoms with Crippen molar-refractivity contribution in [3.05, 3.63) is 35.3 Å². The van der Waals surface area contributed by atoms with Gasteiger partial charge in [0.2, 0.25) is 0 Å². The molecule has 1 aliphatic carbocycles. The molecule has 1 N–H and O–H groups in total. The lowest BCUT2D eigenvalue weighted by atomic mass is 10.1. The monoisotopic (exact) mass is 398 g/mol. The minimum absolute atomic E-state index is 0.0932. The number of carbonyl (C=O) groups is 2. The summed E-state index contributed by atoms with van der Waals surface area (Å²) in [7, 11) is 0. The minimum Gasteiger partial charge on any atom is -0.449 e. The zero-order valence-corrected chi connectivity index (χ0v) is 16.8. The van der Waals surface area contributed by atoms with Crippen LogP contribution in [0.25, 0.3) is 21.6 Å². The molecule has 1 atom stereocenters. The summed E-state index contributed by atoms with van der Waals surface area (Å²) in [6.45, 7) is 5.61. The lowest BCUT2D eigenvalue weighted by molar-refractivity contribution is -0.129. The van der Waals surface area contributed by atoms with Crippen LogP contribution in [0.1, 0.15) is 50.0 Å². The predicted molar refractivity (Wildman–Crippen MR) is 107 cm³/mol. The summed E-state index contributed by atoms with van der Waals surface area (Å²) in [6, 6.07) is 5.92. The normalized spacial score (nSPS) is 15.0. The van der Waals surface area contributed by atoms with Gasteiger partial charge in [-0.05, 0) is 51.1 Å². The second-order valence-corrected chi connectivity index (χ2v) is 8.23. The maximum absolute atomic E-state index is 12.9. The molecule has 3 aromatic rings. The number of pyridine rings is 1. The van der Waals surface area contributed by atoms with E-state index in [9.17, 15) is 9.59 Å². The van der Waals surface area contributed by atoms with Crippen LogP contribution in [0.15, 0.2) is 29.8 Å². The molecule has 3 aromatic heterocycles. The number of nitrogens with zero attached hydrogens (tertiary/aromatic N) is 3. The van der Waals surface area contributed by atoms with E-state index in [2.05, 4.69) is 10.4 Å². The van der Waals surface area contributed by atoms with E-state index in [1.54, 1.807) is 35.2 Å². The van der Waals surface area contributed by atoms with Crippen molar-refractivity contribution in [3.63, 3.8) is 0 Å². The van der Waals surface area contributed by atoms with Crippen molar-refractivity contribution in [3.8, 4) is 10.6 Å². The molecule has 1 amide bonds. The van der Waals surface area contributed by atoms with Crippen LogP contribution >= 0.6 is 11.3 Å². The van der Waals surface area contributed by atoms with E-state index in [0.29, 0.717) is 22.3 Å². The van der Waals surface area contributed by atoms with Gasteiger partial charge in [-0.2, -0.15) is 5.10 Å². The maximum atomic E-state index is 12.9. The zero-order valence-electron chi connectivity index (χ0n) is 16.0. The van der Waals surface area contributed by atoms with Crippen molar-refractivity contribution in [2.75, 3.05) is 0 Å². The molecular formula is C20H22N4O3S. The number of hydrogen-bond acceptors (Lipinski definition) is 6. The van der Waals surface area contributed by atoms with E-state index < -0.39 is 12.1 Å². The van der Waals surface area contributed by atoms with Gasteiger partial charge in [-0.15, -0.1) is 11.3 Å². The van der Waals surface area contributed by atoms with Crippen molar-refractivity contribution in [2.24, 2.45) is 0 Å². The van der Waals surface area contributed by atoms with Gasteiger partial charge in [0, 0.05) is 12.1 Å². The molecule has 3 heterocycles. The largest absolute Gasteiger partial charge is 0.449 e. The number of nitrogens with one attached hydrogen (secondary N) is 1. The highest BCUT2D eigenvalue weighted by molar-refractivity contribution is 7.13. The lowest BCUT2D eigenvalue weighted by Gasteiger charge is -2.14. The molecule has 28 heavy (non-hydrogen) atoms. The third kappa shape index (κ3) is 3.64. The van der Waals surface area contributed by atoms with Gasteiger partial charge < -0.3 is 10.1 Å². The molecule has 0 bridgehead atoms. The zero-order chi connectivity index (χ0) is 19.8. The number of esters is 1. The fraction of sp³-hybridized carbons (Fsp3) is 0.400. The standard InChI is InChI=1S/C20H22N4O3S/c1-11(2)24-18-15(10-21-24)14(9-16(23-18)17-5-4-8-28-17)20(26)27-12(3)19(25)22-13-6-7-13/h4-5,8-13H,6-7H2,1-3H3,(H,22,25). The van der Waals surface area contributed by atoms with Crippen LogP contribution in [0.2, 0.25) is 0 Å². The van der Waals surface area contributed by atoms with Gasteiger partial charge >= 0.3 is 5.97 Å². The molecule has 1 unspecified atom stereocenters. The van der Waals surface area contributed by atoms with Crippen molar-refractivity contribution in [1.82, 2.24) is 20.1 Å². The van der Waals surface area contributed by atoms with Gasteiger partial charge in [0.1, 0.15) is 0 Å². The van der Waals surface area contributed by atoms with Crippen LogP contribution in [-0.4, -0.2) is 38.8 Å². The Bertz CT molecular complexity index is 1020. The van der Waals surface area contributed by atoms with E-state index in [1.165, 1.54) is 0 Å². The third-order valence-electron chi connectivity index (χ3n) is 4.63. The molecule has 0 saturated heterocycles. The van der Waals surface area contributed by atoms with Gasteiger partial charge in [0.15, 0.2) is 11.8 Å². The summed E-state index contributed by atoms with van der Waals surface area (Å²) in [4.78, 5) is 30.7. The summed E-state index contributed by atoms with van der Waals surface area (Å²) in [6.07, 6.45) is 2.74. The van der Waals surface area contributed by atoms with E-state index in [1.807, 2.05) is 31.4 Å². The fourth-order valence-corrected chi connectivity index (χ4v) is 3.63. The predicted octanol–water partition coefficient (Wildman–Crippen LogP) is 3.56. The van der Waals surface area contributed by atoms with Gasteiger partial charge in [-0.3, -0.25) is 4.79 Å². The number of aromatic nitrogens is 3. The van der Waals surface area contributed by atoms with Crippen LogP contribution in [0, 0.1) is 0 Å². The van der Waals surface area contributed by atoms with Crippen molar-refractivity contribution in [2.45, 2.75) is 51.8 Å². The first-order valence-corrected chi connectivity index (χ1v) is 10.3. The average molecular weight is 398 g/mol. The average Bonchev–Trinajstić information content (AvgIpc) is 3.15. The first kappa shape index (κ1) is 18.6. The van der Waals surface area contributed by atoms with Crippen molar-refractivity contribution in [1.29, 1.82) is 0 Å². The highest BCUT2D eigenvalue weighted by Crippen LogP contribution is 2.29. The maximum Gasteiger partial charge on any atom is 0.339 e. The summed E-state index contributed by atoms with van der Waals surface area (Å²) in [5.41, 5.74) is 1.68. The topological polar surface area (TPSA) is 86.1 Å². The summed E-state index contributed by atoms with van der Waals surface area (Å²) >= 11 is 1.55. The van der Waals surface area contributed by atoms with Crippen molar-refractivity contribution >= 4 is 34.2 Å². The van der Waals surface area contributed by atoms with Crippen LogP contribution in [0.4, 0.5) is 0 Å². The first-order valence-electron chi connectivity index (χ1n) is 9.37. The molecule has 1 aliphatic rings. The Labute approximate surface area is 166 Å². The van der Waals surface area contributed by atoms with E-state index >= 15 is 0 Å². The summed E-state index contributed by atoms with van der Waals surface area (Å²) in [5, 5.41) is 9.83. The molecule has 1 saturated carbocycles. The number of fused-ring (bicyclic) bond motifs is 1. The van der Waals surface area contributed by atoms with E-state index in [0.717, 1.165) is 17.7 Å². The molecular weight excluding hydrogens is 376 g/mol. The third-order valence-corrected chi connectivity index (χ3v) is 5.52. The van der Waals surface area contributed by atoms with Gasteiger partial charge in [0.25, 0.3) is 5.91 Å². The number of thiophene rings is 1. The molecule has 146 valence electrons. The molecule has 0 aliphatic heterocycles. The Balaban J connectivity index is 1.70. The quantitative estimate of drug-likeness (QED) is 0.642. The van der Waals surface area contributed by atoms with Crippen molar-refractivity contribution < 1.29 is 14.3 Å². The van der Waals surface area contributed by atoms with Gasteiger partial charge in [-0.25, -0.2) is 14.5 Å². The molecule has 1 fully saturated rings. The summed E-state index contributed by atoms with van der Waals surface area (Å²) < 4.78 is 7.25. The number of hydrogen-bond donors (Lipinski definition) is 1. The Morgan fingerprint density at radius 3 is 2.75 bits per heavy atom. The molecule has 0 aromatic carbocycles. The van der Waals surface area contributed by atoms with Crippen LogP contribution in [0.3, 0.4) is 0 Å². The molecule has 4 rings (SSSR count). The molecule has 0 radical (unpaired) electrons. The highest BCUT2D eigenvalue weighted by atomic mass is 32.1. The molecule has 0 spiro atoms. The van der Waals surface area contributed by atoms with Gasteiger partial charge in [0.05, 0.1) is 27.7 Å². The van der Waals surface area contributed by atoms with Crippen LogP contribution < -0.4 is 5.32 Å². The number of ether oxygens (including phenoxy) is 1. The fourth-order valence-electron chi connectivity index (χ4n) is 2.94. The van der Waals surface area contributed by atoms with E-state index in [4.69, 9.17) is 9.72 Å². The number of carbonyl (C=O) groups excluding carboxylic acids is 2. The minimum atomic E-state index is -0.860. The Hall–Kier alpha value is -2.74. The van der Waals surface area contributed by atoms with Crippen LogP contribution in [-0.2, 0) is 9.53 Å². The Kier molecular flexibility index (Phi) is 4.89. The highest BCUT2D eigenvalue weighted by Gasteiger charge is 2.28. The van der Waals surface area contributed by atoms with E-state index in [-0.39, 0.29) is 18.0 Å². The number of amides is 1. The van der Waals surface area contributed by atoms with Gasteiger partial charge in [-0.1, -0.05) is 6.07 Å². The first-order chi connectivity index (χ1) is 13.4. The number of rotatable bonds is 6. The Morgan fingerprint density at radius 2 is 2.11 bits per heavy atom. The molecule has 7 nitrogen and oxygen atoms in total. The smallest absolute Gasteiger partial charge is 0.339 e. The molecule has 8 heteroatoms. The second kappa shape index (κ2) is 7.35.